The molecule has 0 amide bonds. The minimum Gasteiger partial charge on any atom is -0.464 e. The molecule has 1 aromatic heterocycles. The first-order chi connectivity index (χ1) is 8.69. The molecule has 0 saturated heterocycles. The summed E-state index contributed by atoms with van der Waals surface area (Å²) in [7, 11) is 1.96. The molecule has 1 fully saturated rings. The largest absolute Gasteiger partial charge is 0.464 e. The van der Waals surface area contributed by atoms with Crippen LogP contribution < -0.4 is 11.3 Å². The van der Waals surface area contributed by atoms with Crippen molar-refractivity contribution in [2.24, 2.45) is 10.8 Å². The maximum atomic E-state index is 5.56. The maximum absolute atomic E-state index is 5.56. The van der Waals surface area contributed by atoms with Crippen molar-refractivity contribution in [2.45, 2.75) is 45.2 Å². The number of nitrogens with zero attached hydrogens (tertiary/aromatic N) is 2. The molecule has 3 N–H and O–H groups in total. The van der Waals surface area contributed by atoms with Crippen LogP contribution in [0.3, 0.4) is 0 Å². The lowest BCUT2D eigenvalue weighted by atomic mass is 10.3. The van der Waals surface area contributed by atoms with E-state index in [9.17, 15) is 0 Å². The molecule has 1 heterocycles. The number of aryl methyl sites for hydroxylation is 1. The first-order valence-electron chi connectivity index (χ1n) is 6.50. The first kappa shape index (κ1) is 13.0. The Morgan fingerprint density at radius 2 is 2.22 bits per heavy atom. The van der Waals surface area contributed by atoms with Gasteiger partial charge in [0.05, 0.1) is 12.6 Å². The molecule has 100 valence electrons. The number of hydrogen-bond acceptors (Lipinski definition) is 3. The minimum absolute atomic E-state index is 0.414. The molecule has 0 bridgehead atoms. The molecule has 1 aliphatic rings. The molecule has 5 nitrogen and oxygen atoms in total. The van der Waals surface area contributed by atoms with Crippen molar-refractivity contribution >= 4 is 5.96 Å². The second-order valence-electron chi connectivity index (χ2n) is 4.90. The second kappa shape index (κ2) is 5.91. The van der Waals surface area contributed by atoms with E-state index in [1.165, 1.54) is 25.7 Å². The van der Waals surface area contributed by atoms with Crippen molar-refractivity contribution in [1.29, 1.82) is 0 Å². The molecular formula is C13H22N4O. The fraction of sp³-hybridized carbons (Fsp3) is 0.615. The normalized spacial score (nSPS) is 17.2. The number of hydrazine groups is 1. The molecule has 0 aliphatic heterocycles. The average Bonchev–Trinajstić information content (AvgIpc) is 2.97. The maximum Gasteiger partial charge on any atom is 0.208 e. The van der Waals surface area contributed by atoms with Gasteiger partial charge in [-0.1, -0.05) is 12.8 Å². The third kappa shape index (κ3) is 3.26. The van der Waals surface area contributed by atoms with Gasteiger partial charge >= 0.3 is 0 Å². The summed E-state index contributed by atoms with van der Waals surface area (Å²) < 4.78 is 5.55. The molecule has 0 aromatic carbocycles. The molecule has 1 saturated carbocycles. The summed E-state index contributed by atoms with van der Waals surface area (Å²) in [5.74, 6) is 8.14. The van der Waals surface area contributed by atoms with Crippen LogP contribution in [0.1, 0.15) is 37.2 Å². The summed E-state index contributed by atoms with van der Waals surface area (Å²) in [6.07, 6.45) is 4.87. The molecule has 0 atom stereocenters. The fourth-order valence-electron chi connectivity index (χ4n) is 2.33. The summed E-state index contributed by atoms with van der Waals surface area (Å²) in [6, 6.07) is 4.36. The summed E-state index contributed by atoms with van der Waals surface area (Å²) in [4.78, 5) is 6.64. The molecular weight excluding hydrogens is 228 g/mol. The zero-order chi connectivity index (χ0) is 13.0. The van der Waals surface area contributed by atoms with Crippen molar-refractivity contribution in [3.63, 3.8) is 0 Å². The predicted molar refractivity (Wildman–Crippen MR) is 71.9 cm³/mol. The fourth-order valence-corrected chi connectivity index (χ4v) is 2.33. The monoisotopic (exact) mass is 250 g/mol. The number of guanidine groups is 1. The van der Waals surface area contributed by atoms with Gasteiger partial charge in [-0.3, -0.25) is 5.43 Å². The van der Waals surface area contributed by atoms with E-state index in [2.05, 4.69) is 10.4 Å². The van der Waals surface area contributed by atoms with Gasteiger partial charge in [0.15, 0.2) is 0 Å². The van der Waals surface area contributed by atoms with E-state index in [-0.39, 0.29) is 0 Å². The van der Waals surface area contributed by atoms with Crippen LogP contribution in [0, 0.1) is 6.92 Å². The van der Waals surface area contributed by atoms with Crippen LogP contribution in [0.4, 0.5) is 0 Å². The van der Waals surface area contributed by atoms with Crippen LogP contribution in [0.2, 0.25) is 0 Å². The van der Waals surface area contributed by atoms with Crippen LogP contribution >= 0.6 is 0 Å². The van der Waals surface area contributed by atoms with E-state index in [4.69, 9.17) is 10.3 Å². The molecule has 5 heteroatoms. The Morgan fingerprint density at radius 3 is 2.78 bits per heavy atom. The Labute approximate surface area is 108 Å². The molecule has 1 aliphatic carbocycles. The highest BCUT2D eigenvalue weighted by atomic mass is 16.3. The highest BCUT2D eigenvalue weighted by Gasteiger charge is 2.16. The second-order valence-corrected chi connectivity index (χ2v) is 4.90. The van der Waals surface area contributed by atoms with Crippen molar-refractivity contribution in [3.8, 4) is 0 Å². The van der Waals surface area contributed by atoms with E-state index in [1.807, 2.05) is 31.0 Å². The Morgan fingerprint density at radius 1 is 1.50 bits per heavy atom. The zero-order valence-corrected chi connectivity index (χ0v) is 11.1. The Hall–Kier alpha value is -1.49. The van der Waals surface area contributed by atoms with E-state index in [0.29, 0.717) is 12.6 Å². The highest BCUT2D eigenvalue weighted by molar-refractivity contribution is 5.79. The Kier molecular flexibility index (Phi) is 4.25. The summed E-state index contributed by atoms with van der Waals surface area (Å²) in [5, 5.41) is 0. The average molecular weight is 250 g/mol. The molecule has 0 spiro atoms. The number of aliphatic imine (C=N–C) groups is 1. The number of nitrogens with one attached hydrogen (secondary N) is 1. The lowest BCUT2D eigenvalue weighted by molar-refractivity contribution is 0.389. The third-order valence-corrected chi connectivity index (χ3v) is 3.31. The van der Waals surface area contributed by atoms with Gasteiger partial charge in [-0.05, 0) is 31.9 Å². The minimum atomic E-state index is 0.414. The van der Waals surface area contributed by atoms with Gasteiger partial charge < -0.3 is 9.32 Å². The number of rotatable bonds is 3. The van der Waals surface area contributed by atoms with Gasteiger partial charge in [-0.15, -0.1) is 0 Å². The SMILES string of the molecule is Cc1ccc(CN(C)C(=NC2CCCC2)NN)o1. The van der Waals surface area contributed by atoms with Gasteiger partial charge in [0.1, 0.15) is 11.5 Å². The van der Waals surface area contributed by atoms with Gasteiger partial charge in [0.2, 0.25) is 5.96 Å². The zero-order valence-electron chi connectivity index (χ0n) is 11.1. The molecule has 1 aromatic rings. The van der Waals surface area contributed by atoms with E-state index >= 15 is 0 Å². The van der Waals surface area contributed by atoms with Crippen LogP contribution in [0.15, 0.2) is 21.5 Å². The molecule has 18 heavy (non-hydrogen) atoms. The Balaban J connectivity index is 1.98. The van der Waals surface area contributed by atoms with Crippen LogP contribution in [-0.4, -0.2) is 23.9 Å². The molecule has 0 unspecified atom stereocenters. The number of furan rings is 1. The van der Waals surface area contributed by atoms with Crippen molar-refractivity contribution in [1.82, 2.24) is 10.3 Å². The standard InChI is InChI=1S/C13H22N4O/c1-10-7-8-12(18-10)9-17(2)13(16-14)15-11-5-3-4-6-11/h7-8,11H,3-6,9,14H2,1-2H3,(H,15,16). The lowest BCUT2D eigenvalue weighted by Crippen LogP contribution is -2.43. The quantitative estimate of drug-likeness (QED) is 0.371. The number of nitrogens with two attached hydrogens (primary N) is 1. The predicted octanol–water partition coefficient (Wildman–Crippen LogP) is 1.78. The van der Waals surface area contributed by atoms with Crippen LogP contribution in [0.5, 0.6) is 0 Å². The lowest BCUT2D eigenvalue weighted by Gasteiger charge is -2.20. The smallest absolute Gasteiger partial charge is 0.208 e. The van der Waals surface area contributed by atoms with Gasteiger partial charge in [0, 0.05) is 7.05 Å². The van der Waals surface area contributed by atoms with E-state index in [1.54, 1.807) is 0 Å². The van der Waals surface area contributed by atoms with E-state index < -0.39 is 0 Å². The van der Waals surface area contributed by atoms with Crippen LogP contribution in [-0.2, 0) is 6.54 Å². The summed E-state index contributed by atoms with van der Waals surface area (Å²) in [6.45, 7) is 2.61. The van der Waals surface area contributed by atoms with Gasteiger partial charge in [0.25, 0.3) is 0 Å². The first-order valence-corrected chi connectivity index (χ1v) is 6.50. The highest BCUT2D eigenvalue weighted by Crippen LogP contribution is 2.21. The van der Waals surface area contributed by atoms with Crippen LogP contribution in [0.25, 0.3) is 0 Å². The molecule has 0 radical (unpaired) electrons. The van der Waals surface area contributed by atoms with Gasteiger partial charge in [-0.25, -0.2) is 10.8 Å². The van der Waals surface area contributed by atoms with Crippen molar-refractivity contribution in [2.75, 3.05) is 7.05 Å². The number of hydrogen-bond donors (Lipinski definition) is 2. The van der Waals surface area contributed by atoms with Gasteiger partial charge in [-0.2, -0.15) is 0 Å². The summed E-state index contributed by atoms with van der Waals surface area (Å²) >= 11 is 0. The Bertz CT molecular complexity index is 407. The topological polar surface area (TPSA) is 66.8 Å². The third-order valence-electron chi connectivity index (χ3n) is 3.31. The van der Waals surface area contributed by atoms with Crippen molar-refractivity contribution < 1.29 is 4.42 Å². The van der Waals surface area contributed by atoms with E-state index in [0.717, 1.165) is 17.5 Å². The van der Waals surface area contributed by atoms with Crippen molar-refractivity contribution in [3.05, 3.63) is 23.7 Å². The molecule has 2 rings (SSSR count). The summed E-state index contributed by atoms with van der Waals surface area (Å²) in [5.41, 5.74) is 2.69.